The standard InChI is InChI=1S/C10H12ClN5O3S/c11-10-14-7-4(8(20)15-10)13-2-16(7)9-6(18)5(17)3(1-12)19-9/h2-3,5-6,9,17-18H,1,12H2,(H,14,15,20)/t3-,5-,6-,9-/m1/s1. The first kappa shape index (κ1) is 13.9. The molecule has 0 aromatic carbocycles. The Labute approximate surface area is 123 Å². The van der Waals surface area contributed by atoms with E-state index in [0.29, 0.717) is 11.2 Å². The van der Waals surface area contributed by atoms with Crippen molar-refractivity contribution in [1.82, 2.24) is 19.5 Å². The van der Waals surface area contributed by atoms with E-state index in [1.165, 1.54) is 10.9 Å². The van der Waals surface area contributed by atoms with Crippen LogP contribution in [-0.4, -0.2) is 54.6 Å². The summed E-state index contributed by atoms with van der Waals surface area (Å²) in [4.78, 5) is 10.8. The Morgan fingerprint density at radius 1 is 1.50 bits per heavy atom. The second-order valence-electron chi connectivity index (χ2n) is 4.46. The fourth-order valence-electron chi connectivity index (χ4n) is 2.26. The van der Waals surface area contributed by atoms with Crippen LogP contribution >= 0.6 is 23.8 Å². The Morgan fingerprint density at radius 2 is 2.25 bits per heavy atom. The molecule has 8 nitrogen and oxygen atoms in total. The van der Waals surface area contributed by atoms with Crippen molar-refractivity contribution in [2.24, 2.45) is 5.73 Å². The van der Waals surface area contributed by atoms with Gasteiger partial charge in [0.15, 0.2) is 10.9 Å². The van der Waals surface area contributed by atoms with E-state index in [9.17, 15) is 10.2 Å². The van der Waals surface area contributed by atoms with Gasteiger partial charge < -0.3 is 25.7 Å². The van der Waals surface area contributed by atoms with E-state index < -0.39 is 24.5 Å². The molecular weight excluding hydrogens is 306 g/mol. The average molecular weight is 318 g/mol. The van der Waals surface area contributed by atoms with Crippen molar-refractivity contribution in [3.8, 4) is 0 Å². The van der Waals surface area contributed by atoms with Gasteiger partial charge in [0, 0.05) is 6.54 Å². The quantitative estimate of drug-likeness (QED) is 0.444. The van der Waals surface area contributed by atoms with Gasteiger partial charge in [-0.15, -0.1) is 0 Å². The fourth-order valence-corrected chi connectivity index (χ4v) is 2.72. The summed E-state index contributed by atoms with van der Waals surface area (Å²) >= 11 is 10.9. The highest BCUT2D eigenvalue weighted by Crippen LogP contribution is 2.31. The maximum Gasteiger partial charge on any atom is 0.203 e. The number of nitrogens with one attached hydrogen (secondary N) is 1. The smallest absolute Gasteiger partial charge is 0.203 e. The number of aliphatic hydroxyl groups excluding tert-OH is 2. The number of aromatic amines is 1. The summed E-state index contributed by atoms with van der Waals surface area (Å²) in [5.74, 6) is 0. The molecule has 1 saturated heterocycles. The zero-order chi connectivity index (χ0) is 14.4. The lowest BCUT2D eigenvalue weighted by Crippen LogP contribution is -2.35. The molecule has 10 heteroatoms. The number of aromatic nitrogens is 4. The van der Waals surface area contributed by atoms with Crippen molar-refractivity contribution < 1.29 is 14.9 Å². The Bertz CT molecular complexity index is 704. The number of hydrogen-bond acceptors (Lipinski definition) is 7. The van der Waals surface area contributed by atoms with Crippen molar-refractivity contribution in [1.29, 1.82) is 0 Å². The highest BCUT2D eigenvalue weighted by atomic mass is 35.5. The third kappa shape index (κ3) is 2.03. The topological polar surface area (TPSA) is 122 Å². The number of hydrogen-bond donors (Lipinski definition) is 4. The number of aliphatic hydroxyl groups is 2. The Hall–Kier alpha value is -1.10. The molecule has 3 heterocycles. The van der Waals surface area contributed by atoms with E-state index in [1.807, 2.05) is 0 Å². The van der Waals surface area contributed by atoms with Crippen LogP contribution in [0, 0.1) is 4.64 Å². The van der Waals surface area contributed by atoms with Gasteiger partial charge in [0.25, 0.3) is 0 Å². The fraction of sp³-hybridized carbons (Fsp3) is 0.500. The van der Waals surface area contributed by atoms with Crippen LogP contribution in [0.2, 0.25) is 5.28 Å². The van der Waals surface area contributed by atoms with Gasteiger partial charge in [-0.05, 0) is 11.6 Å². The third-order valence-corrected chi connectivity index (χ3v) is 3.72. The molecular formula is C10H12ClN5O3S. The molecule has 108 valence electrons. The van der Waals surface area contributed by atoms with Crippen molar-refractivity contribution in [2.75, 3.05) is 6.54 Å². The number of halogens is 1. The van der Waals surface area contributed by atoms with Crippen LogP contribution in [0.1, 0.15) is 6.23 Å². The van der Waals surface area contributed by atoms with Gasteiger partial charge in [0.05, 0.1) is 6.33 Å². The van der Waals surface area contributed by atoms with Crippen LogP contribution in [0.3, 0.4) is 0 Å². The summed E-state index contributed by atoms with van der Waals surface area (Å²) in [5.41, 5.74) is 6.38. The van der Waals surface area contributed by atoms with Crippen LogP contribution in [0.25, 0.3) is 11.2 Å². The lowest BCUT2D eigenvalue weighted by molar-refractivity contribution is -0.0322. The summed E-state index contributed by atoms with van der Waals surface area (Å²) < 4.78 is 7.31. The number of rotatable bonds is 2. The van der Waals surface area contributed by atoms with Crippen LogP contribution < -0.4 is 5.73 Å². The lowest BCUT2D eigenvalue weighted by atomic mass is 10.1. The molecule has 2 aromatic heterocycles. The summed E-state index contributed by atoms with van der Waals surface area (Å²) in [5, 5.41) is 20.0. The maximum absolute atomic E-state index is 10.1. The highest BCUT2D eigenvalue weighted by Gasteiger charge is 2.43. The number of fused-ring (bicyclic) bond motifs is 1. The first-order chi connectivity index (χ1) is 9.52. The zero-order valence-electron chi connectivity index (χ0n) is 10.1. The first-order valence-corrected chi connectivity index (χ1v) is 6.65. The van der Waals surface area contributed by atoms with Crippen LogP contribution in [0.5, 0.6) is 0 Å². The Balaban J connectivity index is 2.09. The van der Waals surface area contributed by atoms with E-state index in [2.05, 4.69) is 15.0 Å². The minimum atomic E-state index is -1.13. The molecule has 0 radical (unpaired) electrons. The molecule has 1 fully saturated rings. The number of nitrogens with two attached hydrogens (primary N) is 1. The van der Waals surface area contributed by atoms with Gasteiger partial charge in [-0.2, -0.15) is 0 Å². The monoisotopic (exact) mass is 317 g/mol. The predicted molar refractivity (Wildman–Crippen MR) is 72.7 cm³/mol. The summed E-state index contributed by atoms with van der Waals surface area (Å²) in [7, 11) is 0. The van der Waals surface area contributed by atoms with Gasteiger partial charge in [0.2, 0.25) is 5.28 Å². The second kappa shape index (κ2) is 5.02. The predicted octanol–water partition coefficient (Wildman–Crippen LogP) is -0.280. The van der Waals surface area contributed by atoms with E-state index in [-0.39, 0.29) is 16.5 Å². The van der Waals surface area contributed by atoms with Crippen molar-refractivity contribution in [2.45, 2.75) is 24.5 Å². The summed E-state index contributed by atoms with van der Waals surface area (Å²) in [6, 6.07) is 0. The Kier molecular flexibility index (Phi) is 3.48. The van der Waals surface area contributed by atoms with Crippen molar-refractivity contribution in [3.05, 3.63) is 16.3 Å². The molecule has 20 heavy (non-hydrogen) atoms. The van der Waals surface area contributed by atoms with Crippen LogP contribution in [0.15, 0.2) is 6.33 Å². The minimum absolute atomic E-state index is 0.0969. The molecule has 5 N–H and O–H groups in total. The molecule has 0 amide bonds. The highest BCUT2D eigenvalue weighted by molar-refractivity contribution is 7.71. The summed E-state index contributed by atoms with van der Waals surface area (Å²) in [6.07, 6.45) is -2.23. The molecule has 4 atom stereocenters. The molecule has 1 aliphatic heterocycles. The van der Waals surface area contributed by atoms with Crippen LogP contribution in [-0.2, 0) is 4.74 Å². The van der Waals surface area contributed by atoms with Gasteiger partial charge in [-0.25, -0.2) is 9.97 Å². The SMILES string of the molecule is NC[C@H]1O[C@@H](n2cnc3c(=S)nc(Cl)[nH]c32)[C@H](O)[C@@H]1O. The molecule has 0 unspecified atom stereocenters. The summed E-state index contributed by atoms with van der Waals surface area (Å²) in [6.45, 7) is 0.0969. The Morgan fingerprint density at radius 3 is 2.90 bits per heavy atom. The molecule has 0 saturated carbocycles. The molecule has 1 aliphatic rings. The number of H-pyrrole nitrogens is 1. The van der Waals surface area contributed by atoms with Gasteiger partial charge >= 0.3 is 0 Å². The zero-order valence-corrected chi connectivity index (χ0v) is 11.7. The van der Waals surface area contributed by atoms with E-state index >= 15 is 0 Å². The van der Waals surface area contributed by atoms with Crippen LogP contribution in [0.4, 0.5) is 0 Å². The van der Waals surface area contributed by atoms with Crippen molar-refractivity contribution in [3.63, 3.8) is 0 Å². The van der Waals surface area contributed by atoms with E-state index in [1.54, 1.807) is 0 Å². The van der Waals surface area contributed by atoms with Crippen molar-refractivity contribution >= 4 is 35.0 Å². The van der Waals surface area contributed by atoms with E-state index in [0.717, 1.165) is 0 Å². The van der Waals surface area contributed by atoms with Gasteiger partial charge in [-0.1, -0.05) is 12.2 Å². The largest absolute Gasteiger partial charge is 0.387 e. The molecule has 0 aliphatic carbocycles. The van der Waals surface area contributed by atoms with Gasteiger partial charge in [0.1, 0.15) is 29.5 Å². The molecule has 3 rings (SSSR count). The normalized spacial score (nSPS) is 30.2. The maximum atomic E-state index is 10.1. The molecule has 0 spiro atoms. The lowest BCUT2D eigenvalue weighted by Gasteiger charge is -2.16. The molecule has 0 bridgehead atoms. The number of imidazole rings is 1. The average Bonchev–Trinajstić information content (AvgIpc) is 2.93. The second-order valence-corrected chi connectivity index (χ2v) is 5.21. The first-order valence-electron chi connectivity index (χ1n) is 5.87. The molecule has 2 aromatic rings. The minimum Gasteiger partial charge on any atom is -0.387 e. The van der Waals surface area contributed by atoms with E-state index in [4.69, 9.17) is 34.3 Å². The number of nitrogens with zero attached hydrogens (tertiary/aromatic N) is 3. The third-order valence-electron chi connectivity index (χ3n) is 3.26. The number of ether oxygens (including phenoxy) is 1. The van der Waals surface area contributed by atoms with Gasteiger partial charge in [-0.3, -0.25) is 4.57 Å².